The van der Waals surface area contributed by atoms with E-state index in [1.54, 1.807) is 14.2 Å². The fourth-order valence-electron chi connectivity index (χ4n) is 2.32. The van der Waals surface area contributed by atoms with Crippen LogP contribution >= 0.6 is 11.6 Å². The summed E-state index contributed by atoms with van der Waals surface area (Å²) in [5.41, 5.74) is 6.99. The number of anilines is 1. The zero-order valence-corrected chi connectivity index (χ0v) is 11.5. The summed E-state index contributed by atoms with van der Waals surface area (Å²) in [6.45, 7) is 1.81. The summed E-state index contributed by atoms with van der Waals surface area (Å²) >= 11 is 6.18. The third kappa shape index (κ3) is 2.65. The Morgan fingerprint density at radius 2 is 2.00 bits per heavy atom. The van der Waals surface area contributed by atoms with Crippen molar-refractivity contribution in [3.63, 3.8) is 0 Å². The summed E-state index contributed by atoms with van der Waals surface area (Å²) in [5, 5.41) is 0.590. The molecule has 100 valence electrons. The number of ether oxygens (including phenoxy) is 2. The van der Waals surface area contributed by atoms with Crippen LogP contribution in [0, 0.1) is 0 Å². The van der Waals surface area contributed by atoms with E-state index in [0.29, 0.717) is 10.8 Å². The van der Waals surface area contributed by atoms with Gasteiger partial charge in [-0.25, -0.2) is 0 Å². The molecule has 1 aromatic carbocycles. The smallest absolute Gasteiger partial charge is 0.145 e. The highest BCUT2D eigenvalue weighted by molar-refractivity contribution is 6.32. The normalized spacial score (nSPS) is 19.8. The Hall–Kier alpha value is -1.13. The van der Waals surface area contributed by atoms with Gasteiger partial charge in [0.25, 0.3) is 0 Å². The topological polar surface area (TPSA) is 47.7 Å². The van der Waals surface area contributed by atoms with Gasteiger partial charge in [-0.2, -0.15) is 0 Å². The zero-order chi connectivity index (χ0) is 13.1. The quantitative estimate of drug-likeness (QED) is 0.915. The molecule has 1 unspecified atom stereocenters. The minimum absolute atomic E-state index is 0.212. The van der Waals surface area contributed by atoms with E-state index in [9.17, 15) is 0 Å². The second-order valence-corrected chi connectivity index (χ2v) is 4.91. The molecule has 1 aliphatic heterocycles. The van der Waals surface area contributed by atoms with Crippen LogP contribution in [0.15, 0.2) is 12.1 Å². The lowest BCUT2D eigenvalue weighted by Crippen LogP contribution is -2.42. The van der Waals surface area contributed by atoms with Gasteiger partial charge in [-0.15, -0.1) is 0 Å². The first-order valence-corrected chi connectivity index (χ1v) is 6.45. The van der Waals surface area contributed by atoms with Crippen LogP contribution in [0.3, 0.4) is 0 Å². The van der Waals surface area contributed by atoms with Crippen molar-refractivity contribution in [3.05, 3.63) is 17.2 Å². The van der Waals surface area contributed by atoms with Gasteiger partial charge in [0, 0.05) is 25.2 Å². The van der Waals surface area contributed by atoms with Crippen LogP contribution in [-0.2, 0) is 0 Å². The van der Waals surface area contributed by atoms with Gasteiger partial charge in [-0.3, -0.25) is 0 Å². The largest absolute Gasteiger partial charge is 0.495 e. The van der Waals surface area contributed by atoms with Crippen LogP contribution in [0.4, 0.5) is 5.69 Å². The van der Waals surface area contributed by atoms with E-state index in [4.69, 9.17) is 26.8 Å². The molecule has 0 aliphatic carbocycles. The van der Waals surface area contributed by atoms with Gasteiger partial charge in [0.1, 0.15) is 11.5 Å². The summed E-state index contributed by atoms with van der Waals surface area (Å²) < 4.78 is 10.6. The highest BCUT2D eigenvalue weighted by Crippen LogP contribution is 2.38. The van der Waals surface area contributed by atoms with Crippen molar-refractivity contribution in [2.24, 2.45) is 5.73 Å². The number of methoxy groups -OCH3 is 2. The lowest BCUT2D eigenvalue weighted by Gasteiger charge is -2.33. The molecule has 1 aromatic rings. The maximum atomic E-state index is 6.18. The average Bonchev–Trinajstić information content (AvgIpc) is 2.38. The summed E-state index contributed by atoms with van der Waals surface area (Å²) in [7, 11) is 3.24. The lowest BCUT2D eigenvalue weighted by molar-refractivity contribution is 0.392. The van der Waals surface area contributed by atoms with Gasteiger partial charge in [0.15, 0.2) is 0 Å². The molecule has 4 nitrogen and oxygen atoms in total. The SMILES string of the molecule is COc1cc(OC)c(N2CCCC(N)C2)cc1Cl. The van der Waals surface area contributed by atoms with Crippen molar-refractivity contribution < 1.29 is 9.47 Å². The van der Waals surface area contributed by atoms with Crippen LogP contribution in [0.25, 0.3) is 0 Å². The van der Waals surface area contributed by atoms with Gasteiger partial charge in [-0.1, -0.05) is 11.6 Å². The molecule has 1 heterocycles. The first-order valence-electron chi connectivity index (χ1n) is 6.07. The van der Waals surface area contributed by atoms with Gasteiger partial charge in [0.05, 0.1) is 24.9 Å². The monoisotopic (exact) mass is 270 g/mol. The molecule has 1 atom stereocenters. The highest BCUT2D eigenvalue weighted by atomic mass is 35.5. The molecule has 0 bridgehead atoms. The van der Waals surface area contributed by atoms with Crippen LogP contribution in [0.2, 0.25) is 5.02 Å². The highest BCUT2D eigenvalue weighted by Gasteiger charge is 2.21. The molecule has 0 saturated carbocycles. The van der Waals surface area contributed by atoms with Crippen molar-refractivity contribution >= 4 is 17.3 Å². The summed E-state index contributed by atoms with van der Waals surface area (Å²) in [6.07, 6.45) is 2.16. The maximum absolute atomic E-state index is 6.18. The molecule has 0 aromatic heterocycles. The van der Waals surface area contributed by atoms with E-state index >= 15 is 0 Å². The fourth-order valence-corrected chi connectivity index (χ4v) is 2.56. The molecule has 0 radical (unpaired) electrons. The number of benzene rings is 1. The Balaban J connectivity index is 2.33. The number of rotatable bonds is 3. The minimum atomic E-state index is 0.212. The number of nitrogens with two attached hydrogens (primary N) is 1. The van der Waals surface area contributed by atoms with E-state index < -0.39 is 0 Å². The molecule has 0 amide bonds. The van der Waals surface area contributed by atoms with E-state index in [1.165, 1.54) is 0 Å². The first-order chi connectivity index (χ1) is 8.65. The van der Waals surface area contributed by atoms with Crippen LogP contribution < -0.4 is 20.1 Å². The Bertz CT molecular complexity index is 426. The zero-order valence-electron chi connectivity index (χ0n) is 10.8. The number of piperidine rings is 1. The molecular weight excluding hydrogens is 252 g/mol. The molecule has 1 fully saturated rings. The second kappa shape index (κ2) is 5.67. The van der Waals surface area contributed by atoms with Crippen molar-refractivity contribution in [1.29, 1.82) is 0 Å². The number of halogens is 1. The van der Waals surface area contributed by atoms with Crippen LogP contribution in [0.5, 0.6) is 11.5 Å². The third-order valence-corrected chi connectivity index (χ3v) is 3.55. The Labute approximate surface area is 113 Å². The first kappa shape index (κ1) is 13.3. The minimum Gasteiger partial charge on any atom is -0.495 e. The van der Waals surface area contributed by atoms with Crippen molar-refractivity contribution in [2.45, 2.75) is 18.9 Å². The van der Waals surface area contributed by atoms with Gasteiger partial charge < -0.3 is 20.1 Å². The maximum Gasteiger partial charge on any atom is 0.145 e. The van der Waals surface area contributed by atoms with Gasteiger partial charge in [0.2, 0.25) is 0 Å². The molecule has 5 heteroatoms. The van der Waals surface area contributed by atoms with Crippen molar-refractivity contribution in [2.75, 3.05) is 32.2 Å². The number of hydrogen-bond acceptors (Lipinski definition) is 4. The number of hydrogen-bond donors (Lipinski definition) is 1. The van der Waals surface area contributed by atoms with E-state index in [0.717, 1.165) is 37.4 Å². The molecule has 0 spiro atoms. The van der Waals surface area contributed by atoms with Crippen LogP contribution in [-0.4, -0.2) is 33.4 Å². The molecule has 1 aliphatic rings. The molecule has 2 rings (SSSR count). The standard InChI is InChI=1S/C13H19ClN2O2/c1-17-12-7-13(18-2)11(6-10(12)14)16-5-3-4-9(15)8-16/h6-7,9H,3-5,8,15H2,1-2H3. The molecule has 2 N–H and O–H groups in total. The predicted molar refractivity (Wildman–Crippen MR) is 74.0 cm³/mol. The van der Waals surface area contributed by atoms with E-state index in [2.05, 4.69) is 4.90 Å². The second-order valence-electron chi connectivity index (χ2n) is 4.51. The molecule has 1 saturated heterocycles. The van der Waals surface area contributed by atoms with Gasteiger partial charge in [-0.05, 0) is 18.9 Å². The Kier molecular flexibility index (Phi) is 4.19. The van der Waals surface area contributed by atoms with Crippen molar-refractivity contribution in [3.8, 4) is 11.5 Å². The Morgan fingerprint density at radius 1 is 1.28 bits per heavy atom. The summed E-state index contributed by atoms with van der Waals surface area (Å²) in [4.78, 5) is 2.22. The van der Waals surface area contributed by atoms with Gasteiger partial charge >= 0.3 is 0 Å². The summed E-state index contributed by atoms with van der Waals surface area (Å²) in [5.74, 6) is 1.39. The average molecular weight is 271 g/mol. The summed E-state index contributed by atoms with van der Waals surface area (Å²) in [6, 6.07) is 3.92. The Morgan fingerprint density at radius 3 is 2.61 bits per heavy atom. The fraction of sp³-hybridized carbons (Fsp3) is 0.538. The third-order valence-electron chi connectivity index (χ3n) is 3.25. The van der Waals surface area contributed by atoms with Crippen molar-refractivity contribution in [1.82, 2.24) is 0 Å². The molecular formula is C13H19ClN2O2. The van der Waals surface area contributed by atoms with Crippen LogP contribution in [0.1, 0.15) is 12.8 Å². The number of nitrogens with zero attached hydrogens (tertiary/aromatic N) is 1. The lowest BCUT2D eigenvalue weighted by atomic mass is 10.1. The predicted octanol–water partition coefficient (Wildman–Crippen LogP) is 2.28. The van der Waals surface area contributed by atoms with E-state index in [-0.39, 0.29) is 6.04 Å². The van der Waals surface area contributed by atoms with E-state index in [1.807, 2.05) is 12.1 Å². The molecule has 18 heavy (non-hydrogen) atoms.